The fourth-order valence-corrected chi connectivity index (χ4v) is 6.59. The van der Waals surface area contributed by atoms with Gasteiger partial charge in [-0.05, 0) is 73.4 Å². The number of rotatable bonds is 8. The molecule has 0 saturated carbocycles. The number of hydrogen-bond donors (Lipinski definition) is 1. The predicted molar refractivity (Wildman–Crippen MR) is 174 cm³/mol. The average Bonchev–Trinajstić information content (AvgIpc) is 2.80. The molecule has 0 spiro atoms. The Hall–Kier alpha value is -0.996. The summed E-state index contributed by atoms with van der Waals surface area (Å²) in [4.78, 5) is 13.3. The molecule has 0 aromatic heterocycles. The third-order valence-corrected chi connectivity index (χ3v) is 18.3. The molecule has 1 aliphatic rings. The van der Waals surface area contributed by atoms with Crippen molar-refractivity contribution in [3.05, 3.63) is 36.0 Å². The quantitative estimate of drug-likeness (QED) is 0.132. The van der Waals surface area contributed by atoms with Crippen molar-refractivity contribution in [1.82, 2.24) is 0 Å². The van der Waals surface area contributed by atoms with E-state index in [0.29, 0.717) is 6.61 Å². The van der Waals surface area contributed by atoms with Crippen LogP contribution in [0.4, 0.5) is 0 Å². The summed E-state index contributed by atoms with van der Waals surface area (Å²) >= 11 is 0. The second-order valence-electron chi connectivity index (χ2n) is 15.2. The summed E-state index contributed by atoms with van der Waals surface area (Å²) in [6.07, 6.45) is 10.7. The molecule has 1 aliphatic heterocycles. The summed E-state index contributed by atoms with van der Waals surface area (Å²) in [7, 11) is -3.86. The molecular formula is C33H62O5Si2. The van der Waals surface area contributed by atoms with Crippen LogP contribution in [0.5, 0.6) is 0 Å². The highest BCUT2D eigenvalue weighted by Crippen LogP contribution is 2.39. The maximum absolute atomic E-state index is 13.3. The lowest BCUT2D eigenvalue weighted by Gasteiger charge is -2.39. The normalized spacial score (nSPS) is 28.5. The maximum Gasteiger partial charge on any atom is 0.308 e. The van der Waals surface area contributed by atoms with E-state index in [1.54, 1.807) is 0 Å². The Kier molecular flexibility index (Phi) is 13.8. The lowest BCUT2D eigenvalue weighted by atomic mass is 9.92. The van der Waals surface area contributed by atoms with Gasteiger partial charge in [0, 0.05) is 12.5 Å². The minimum Gasteiger partial charge on any atom is -0.457 e. The Bertz CT molecular complexity index is 891. The molecule has 5 nitrogen and oxygen atoms in total. The zero-order valence-electron chi connectivity index (χ0n) is 28.3. The van der Waals surface area contributed by atoms with Crippen molar-refractivity contribution >= 4 is 22.6 Å². The Labute approximate surface area is 249 Å². The highest BCUT2D eigenvalue weighted by Gasteiger charge is 2.40. The molecule has 0 fully saturated rings. The Morgan fingerprint density at radius 1 is 1.05 bits per heavy atom. The zero-order valence-corrected chi connectivity index (χ0v) is 30.3. The van der Waals surface area contributed by atoms with Crippen LogP contribution in [0.25, 0.3) is 0 Å². The van der Waals surface area contributed by atoms with Gasteiger partial charge in [-0.3, -0.25) is 4.79 Å². The van der Waals surface area contributed by atoms with Crippen LogP contribution in [0.3, 0.4) is 0 Å². The van der Waals surface area contributed by atoms with Gasteiger partial charge in [0.1, 0.15) is 6.10 Å². The molecule has 7 heteroatoms. The van der Waals surface area contributed by atoms with Gasteiger partial charge in [0.2, 0.25) is 0 Å². The molecule has 0 aromatic rings. The number of aliphatic hydroxyl groups excluding tert-OH is 1. The fraction of sp³-hybridized carbons (Fsp3) is 0.788. The second-order valence-corrected chi connectivity index (χ2v) is 24.8. The van der Waals surface area contributed by atoms with E-state index in [9.17, 15) is 9.90 Å². The van der Waals surface area contributed by atoms with Gasteiger partial charge in [-0.25, -0.2) is 0 Å². The molecule has 1 N–H and O–H groups in total. The molecule has 6 atom stereocenters. The van der Waals surface area contributed by atoms with Gasteiger partial charge >= 0.3 is 5.97 Å². The third-order valence-electron chi connectivity index (χ3n) is 9.30. The lowest BCUT2D eigenvalue weighted by Crippen LogP contribution is -2.45. The number of carbonyl (C=O) groups is 1. The maximum atomic E-state index is 13.3. The highest BCUT2D eigenvalue weighted by molar-refractivity contribution is 6.74. The van der Waals surface area contributed by atoms with E-state index in [2.05, 4.69) is 93.7 Å². The second kappa shape index (κ2) is 14.9. The van der Waals surface area contributed by atoms with Crippen molar-refractivity contribution in [2.45, 2.75) is 143 Å². The number of cyclic esters (lactones) is 1. The van der Waals surface area contributed by atoms with Crippen LogP contribution >= 0.6 is 0 Å². The van der Waals surface area contributed by atoms with E-state index in [0.717, 1.165) is 18.4 Å². The third kappa shape index (κ3) is 11.7. The molecule has 0 radical (unpaired) electrons. The summed E-state index contributed by atoms with van der Waals surface area (Å²) in [5.74, 6) is 0.0567. The number of aliphatic hydroxyl groups is 1. The van der Waals surface area contributed by atoms with Gasteiger partial charge in [0.25, 0.3) is 0 Å². The first-order valence-electron chi connectivity index (χ1n) is 15.3. The molecule has 0 bridgehead atoms. The molecule has 0 amide bonds. The summed E-state index contributed by atoms with van der Waals surface area (Å²) in [6.45, 7) is 31.4. The fourth-order valence-electron chi connectivity index (χ4n) is 4.09. The highest BCUT2D eigenvalue weighted by atomic mass is 28.4. The smallest absolute Gasteiger partial charge is 0.308 e. The van der Waals surface area contributed by atoms with Crippen molar-refractivity contribution in [3.63, 3.8) is 0 Å². The van der Waals surface area contributed by atoms with E-state index in [1.165, 1.54) is 0 Å². The number of hydrogen-bond acceptors (Lipinski definition) is 5. The molecule has 1 heterocycles. The zero-order chi connectivity index (χ0) is 31.1. The largest absolute Gasteiger partial charge is 0.457 e. The number of esters is 1. The monoisotopic (exact) mass is 594 g/mol. The molecule has 40 heavy (non-hydrogen) atoms. The molecule has 0 aliphatic carbocycles. The molecule has 0 aromatic carbocycles. The molecule has 0 unspecified atom stereocenters. The average molecular weight is 595 g/mol. The molecule has 232 valence electrons. The predicted octanol–water partition coefficient (Wildman–Crippen LogP) is 8.82. The molecule has 0 saturated heterocycles. The summed E-state index contributed by atoms with van der Waals surface area (Å²) in [5.41, 5.74) is 0.973. The van der Waals surface area contributed by atoms with E-state index >= 15 is 0 Å². The SMILES string of the molecule is C/C(=C\C=C\[C@@H](C)CO[Si](C)(C)C(C)(C)C)[C@H]1OC(=O)C[C@H](O[Si](C)(C)C(C)(C)C)CC[C@H](C)[C@@H](O)/C=C/[C@@H]1C. The topological polar surface area (TPSA) is 65.0 Å². The van der Waals surface area contributed by atoms with E-state index in [4.69, 9.17) is 13.6 Å². The van der Waals surface area contributed by atoms with E-state index in [1.807, 2.05) is 32.1 Å². The van der Waals surface area contributed by atoms with Gasteiger partial charge in [-0.15, -0.1) is 0 Å². The van der Waals surface area contributed by atoms with Crippen molar-refractivity contribution in [2.24, 2.45) is 17.8 Å². The lowest BCUT2D eigenvalue weighted by molar-refractivity contribution is -0.151. The van der Waals surface area contributed by atoms with Crippen molar-refractivity contribution in [3.8, 4) is 0 Å². The van der Waals surface area contributed by atoms with Crippen molar-refractivity contribution in [2.75, 3.05) is 6.61 Å². The van der Waals surface area contributed by atoms with Gasteiger partial charge in [-0.1, -0.05) is 92.7 Å². The number of allylic oxidation sites excluding steroid dienone is 2. The van der Waals surface area contributed by atoms with E-state index in [-0.39, 0.29) is 46.3 Å². The Morgan fingerprint density at radius 2 is 1.62 bits per heavy atom. The Morgan fingerprint density at radius 3 is 2.17 bits per heavy atom. The van der Waals surface area contributed by atoms with E-state index < -0.39 is 28.8 Å². The van der Waals surface area contributed by atoms with Gasteiger partial charge in [-0.2, -0.15) is 0 Å². The van der Waals surface area contributed by atoms with Crippen LogP contribution in [-0.2, 0) is 18.4 Å². The van der Waals surface area contributed by atoms with Crippen LogP contribution in [0.2, 0.25) is 36.3 Å². The van der Waals surface area contributed by atoms with Gasteiger partial charge in [0.05, 0.1) is 18.6 Å². The first kappa shape index (κ1) is 37.0. The summed E-state index contributed by atoms with van der Waals surface area (Å²) in [6, 6.07) is 0. The molecule has 1 rings (SSSR count). The van der Waals surface area contributed by atoms with Crippen molar-refractivity contribution in [1.29, 1.82) is 0 Å². The van der Waals surface area contributed by atoms with Crippen LogP contribution in [0, 0.1) is 17.8 Å². The van der Waals surface area contributed by atoms with Crippen LogP contribution in [0.1, 0.15) is 88.5 Å². The molecular weight excluding hydrogens is 533 g/mol. The summed E-state index contributed by atoms with van der Waals surface area (Å²) < 4.78 is 19.2. The minimum atomic E-state index is -2.07. The van der Waals surface area contributed by atoms with Gasteiger partial charge in [0.15, 0.2) is 16.6 Å². The number of ether oxygens (including phenoxy) is 1. The minimum absolute atomic E-state index is 0.0457. The first-order valence-corrected chi connectivity index (χ1v) is 21.1. The van der Waals surface area contributed by atoms with Crippen molar-refractivity contribution < 1.29 is 23.5 Å². The first-order chi connectivity index (χ1) is 18.1. The van der Waals surface area contributed by atoms with Crippen LogP contribution in [0.15, 0.2) is 36.0 Å². The van der Waals surface area contributed by atoms with Crippen LogP contribution in [-0.4, -0.2) is 52.6 Å². The standard InChI is InChI=1S/C33H62O5Si2/c1-24(23-36-39(11,12)32(5,6)7)16-15-17-26(3)31-27(4)19-21-29(34)25(2)18-20-28(22-30(35)37-31)38-40(13,14)33(8,9)10/h15-17,19,21,24-25,27-29,31,34H,18,20,22-23H2,1-14H3/b16-15+,21-19+,26-17+/t24-,25+,27+,28-,29+,31-/m1/s1. The number of carbonyl (C=O) groups excluding carboxylic acids is 1. The van der Waals surface area contributed by atoms with Crippen LogP contribution < -0.4 is 0 Å². The Balaban J connectivity index is 3.11. The van der Waals surface area contributed by atoms with Gasteiger partial charge < -0.3 is 18.7 Å². The summed E-state index contributed by atoms with van der Waals surface area (Å²) in [5, 5.41) is 11.0.